The molecule has 2 saturated heterocycles. The highest BCUT2D eigenvalue weighted by Crippen LogP contribution is 2.18. The number of aryl methyl sites for hydroxylation is 4. The van der Waals surface area contributed by atoms with Crippen molar-refractivity contribution in [2.75, 3.05) is 62.2 Å². The van der Waals surface area contributed by atoms with Crippen LogP contribution in [-0.2, 0) is 17.6 Å². The zero-order chi connectivity index (χ0) is 33.6. The molecule has 6 rings (SSSR count). The first-order chi connectivity index (χ1) is 22.4. The standard InChI is InChI=1S/C19H28N6O2.C14H20N6.ClH/c1-13-10-15(12-16-11-14(2)22-23-16)21-17(20-13)24-6-8-25(9-7-24)18(26)27-19(3,4)5;1-10-7-12(9-13-8-11(2)18-19-13)17-14(16-10)20-5-3-15-4-6-20;/h10-11H,6-9,12H2,1-5H3,(H,22,23);7-8,15H,3-6,9H2,1-2H3,(H,18,19);1H. The van der Waals surface area contributed by atoms with Crippen LogP contribution in [0.25, 0.3) is 0 Å². The molecule has 48 heavy (non-hydrogen) atoms. The summed E-state index contributed by atoms with van der Waals surface area (Å²) in [7, 11) is 0. The Bertz CT molecular complexity index is 1640. The second kappa shape index (κ2) is 16.2. The number of amides is 1. The van der Waals surface area contributed by atoms with Gasteiger partial charge in [0.05, 0.1) is 22.8 Å². The second-order valence-electron chi connectivity index (χ2n) is 13.2. The second-order valence-corrected chi connectivity index (χ2v) is 13.2. The van der Waals surface area contributed by atoms with Crippen LogP contribution in [0.15, 0.2) is 24.3 Å². The Morgan fingerprint density at radius 2 is 1.15 bits per heavy atom. The van der Waals surface area contributed by atoms with Crippen molar-refractivity contribution in [1.82, 2.24) is 50.5 Å². The fourth-order valence-electron chi connectivity index (χ4n) is 5.48. The quantitative estimate of drug-likeness (QED) is 0.273. The Kier molecular flexibility index (Phi) is 12.3. The third kappa shape index (κ3) is 10.6. The van der Waals surface area contributed by atoms with Gasteiger partial charge in [-0.25, -0.2) is 24.7 Å². The van der Waals surface area contributed by atoms with Gasteiger partial charge in [0.2, 0.25) is 11.9 Å². The van der Waals surface area contributed by atoms with Crippen molar-refractivity contribution in [2.24, 2.45) is 0 Å². The van der Waals surface area contributed by atoms with Crippen molar-refractivity contribution in [1.29, 1.82) is 0 Å². The van der Waals surface area contributed by atoms with E-state index in [1.165, 1.54) is 0 Å². The number of H-pyrrole nitrogens is 2. The number of hydrogen-bond donors (Lipinski definition) is 3. The number of nitrogens with one attached hydrogen (secondary N) is 3. The van der Waals surface area contributed by atoms with Crippen LogP contribution in [-0.4, -0.2) is 109 Å². The van der Waals surface area contributed by atoms with Crippen LogP contribution in [0.2, 0.25) is 0 Å². The number of halogens is 1. The van der Waals surface area contributed by atoms with Gasteiger partial charge in [0.15, 0.2) is 0 Å². The number of hydrogen-bond acceptors (Lipinski definition) is 11. The zero-order valence-electron chi connectivity index (χ0n) is 29.1. The van der Waals surface area contributed by atoms with E-state index >= 15 is 0 Å². The Morgan fingerprint density at radius 1 is 0.688 bits per heavy atom. The number of aromatic nitrogens is 8. The molecule has 3 N–H and O–H groups in total. The fourth-order valence-corrected chi connectivity index (χ4v) is 5.48. The van der Waals surface area contributed by atoms with E-state index in [-0.39, 0.29) is 18.5 Å². The lowest BCUT2D eigenvalue weighted by Gasteiger charge is -2.35. The number of carbonyl (C=O) groups excluding carboxylic acids is 1. The molecule has 0 unspecified atom stereocenters. The van der Waals surface area contributed by atoms with E-state index in [1.54, 1.807) is 4.90 Å². The minimum atomic E-state index is -0.479. The monoisotopic (exact) mass is 680 g/mol. The molecule has 0 bridgehead atoms. The molecular weight excluding hydrogens is 632 g/mol. The lowest BCUT2D eigenvalue weighted by atomic mass is 10.2. The smallest absolute Gasteiger partial charge is 0.410 e. The molecule has 4 aromatic heterocycles. The van der Waals surface area contributed by atoms with Gasteiger partial charge in [-0.15, -0.1) is 12.4 Å². The van der Waals surface area contributed by atoms with Crippen LogP contribution >= 0.6 is 12.4 Å². The average Bonchev–Trinajstić information content (AvgIpc) is 3.63. The Morgan fingerprint density at radius 3 is 1.56 bits per heavy atom. The first-order valence-corrected chi connectivity index (χ1v) is 16.3. The van der Waals surface area contributed by atoms with Crippen LogP contribution in [0.3, 0.4) is 0 Å². The molecule has 0 radical (unpaired) electrons. The van der Waals surface area contributed by atoms with Crippen LogP contribution in [0.5, 0.6) is 0 Å². The maximum absolute atomic E-state index is 12.2. The van der Waals surface area contributed by atoms with Gasteiger partial charge in [0.25, 0.3) is 0 Å². The molecule has 2 aliphatic rings. The summed E-state index contributed by atoms with van der Waals surface area (Å²) < 4.78 is 5.45. The maximum Gasteiger partial charge on any atom is 0.410 e. The number of rotatable bonds is 6. The molecule has 0 aromatic carbocycles. The van der Waals surface area contributed by atoms with Crippen molar-refractivity contribution in [2.45, 2.75) is 66.9 Å². The van der Waals surface area contributed by atoms with Gasteiger partial charge in [-0.3, -0.25) is 10.2 Å². The summed E-state index contributed by atoms with van der Waals surface area (Å²) in [6.07, 6.45) is 1.15. The lowest BCUT2D eigenvalue weighted by Crippen LogP contribution is -2.50. The molecule has 0 spiro atoms. The molecule has 2 aliphatic heterocycles. The van der Waals surface area contributed by atoms with Crippen LogP contribution in [0.1, 0.15) is 66.3 Å². The van der Waals surface area contributed by atoms with E-state index < -0.39 is 5.60 Å². The van der Waals surface area contributed by atoms with Gasteiger partial charge in [0.1, 0.15) is 5.60 Å². The van der Waals surface area contributed by atoms with E-state index in [0.717, 1.165) is 84.1 Å². The SMILES string of the molecule is Cc1cc(Cc2cc(C)[nH]n2)nc(N2CCN(C(=O)OC(C)(C)C)CC2)n1.Cc1cc(Cc2cc(C)[nH]n2)nc(N2CCNCC2)n1.Cl. The van der Waals surface area contributed by atoms with Gasteiger partial charge < -0.3 is 24.8 Å². The van der Waals surface area contributed by atoms with Crippen molar-refractivity contribution >= 4 is 30.4 Å². The van der Waals surface area contributed by atoms with Gasteiger partial charge in [-0.1, -0.05) is 0 Å². The first kappa shape index (κ1) is 36.5. The Balaban J connectivity index is 0.000000221. The summed E-state index contributed by atoms with van der Waals surface area (Å²) in [5, 5.41) is 17.8. The molecule has 0 saturated carbocycles. The Labute approximate surface area is 288 Å². The van der Waals surface area contributed by atoms with Crippen molar-refractivity contribution in [3.63, 3.8) is 0 Å². The highest BCUT2D eigenvalue weighted by Gasteiger charge is 2.27. The summed E-state index contributed by atoms with van der Waals surface area (Å²) in [6.45, 7) is 20.1. The molecule has 0 atom stereocenters. The summed E-state index contributed by atoms with van der Waals surface area (Å²) in [5.74, 6) is 1.55. The molecule has 260 valence electrons. The highest BCUT2D eigenvalue weighted by molar-refractivity contribution is 5.85. The molecule has 14 nitrogen and oxygen atoms in total. The molecule has 4 aromatic rings. The third-order valence-corrected chi connectivity index (χ3v) is 7.65. The van der Waals surface area contributed by atoms with E-state index in [0.29, 0.717) is 38.5 Å². The summed E-state index contributed by atoms with van der Waals surface area (Å²) in [5.41, 5.74) is 7.53. The van der Waals surface area contributed by atoms with Crippen molar-refractivity contribution < 1.29 is 9.53 Å². The number of carbonyl (C=O) groups is 1. The van der Waals surface area contributed by atoms with Gasteiger partial charge in [-0.2, -0.15) is 10.2 Å². The van der Waals surface area contributed by atoms with E-state index in [4.69, 9.17) is 14.7 Å². The van der Waals surface area contributed by atoms with E-state index in [1.807, 2.05) is 66.7 Å². The first-order valence-electron chi connectivity index (χ1n) is 16.3. The number of aromatic amines is 2. The highest BCUT2D eigenvalue weighted by atomic mass is 35.5. The Hall–Kier alpha value is -4.30. The average molecular weight is 681 g/mol. The molecule has 1 amide bonds. The van der Waals surface area contributed by atoms with Crippen LogP contribution in [0, 0.1) is 27.7 Å². The number of ether oxygens (including phenoxy) is 1. The summed E-state index contributed by atoms with van der Waals surface area (Å²) in [4.78, 5) is 36.9. The minimum Gasteiger partial charge on any atom is -0.444 e. The van der Waals surface area contributed by atoms with E-state index in [9.17, 15) is 4.79 Å². The predicted molar refractivity (Wildman–Crippen MR) is 188 cm³/mol. The molecule has 6 heterocycles. The van der Waals surface area contributed by atoms with E-state index in [2.05, 4.69) is 51.5 Å². The molecule has 2 fully saturated rings. The van der Waals surface area contributed by atoms with Crippen LogP contribution < -0.4 is 15.1 Å². The van der Waals surface area contributed by atoms with Crippen molar-refractivity contribution in [3.05, 3.63) is 69.8 Å². The fraction of sp³-hybridized carbons (Fsp3) is 0.545. The normalized spacial score (nSPS) is 15.0. The summed E-state index contributed by atoms with van der Waals surface area (Å²) in [6, 6.07) is 8.11. The number of nitrogens with zero attached hydrogens (tertiary/aromatic N) is 9. The topological polar surface area (TPSA) is 157 Å². The van der Waals surface area contributed by atoms with Crippen LogP contribution in [0.4, 0.5) is 16.7 Å². The van der Waals surface area contributed by atoms with Gasteiger partial charge in [0, 0.05) is 88.0 Å². The zero-order valence-corrected chi connectivity index (χ0v) is 29.9. The van der Waals surface area contributed by atoms with Gasteiger partial charge in [-0.05, 0) is 72.7 Å². The predicted octanol–water partition coefficient (Wildman–Crippen LogP) is 3.70. The van der Waals surface area contributed by atoms with Gasteiger partial charge >= 0.3 is 6.09 Å². The molecule has 15 heteroatoms. The number of anilines is 2. The molecular formula is C33H49ClN12O2. The maximum atomic E-state index is 12.2. The molecule has 0 aliphatic carbocycles. The third-order valence-electron chi connectivity index (χ3n) is 7.65. The number of piperazine rings is 2. The van der Waals surface area contributed by atoms with Crippen molar-refractivity contribution in [3.8, 4) is 0 Å². The largest absolute Gasteiger partial charge is 0.444 e. The lowest BCUT2D eigenvalue weighted by molar-refractivity contribution is 0.0240. The summed E-state index contributed by atoms with van der Waals surface area (Å²) >= 11 is 0. The minimum absolute atomic E-state index is 0.